The number of pyridine rings is 1. The standard InChI is InChI=1S/C20H23N3O2S/c1-4-25-16-9-8-14(11-17(16)24-3)19-18(15-7-5-6-10-21-15)22-20-23(19)12-13(2)26-20/h5-11,13,18-19H,4,12H2,1-3H3/t13-,18+,19+/m0/s1. The molecule has 4 rings (SSSR count). The van der Waals surface area contributed by atoms with Crippen LogP contribution in [0.2, 0.25) is 0 Å². The molecule has 0 amide bonds. The van der Waals surface area contributed by atoms with Gasteiger partial charge in [0.05, 0.1) is 25.5 Å². The van der Waals surface area contributed by atoms with Crippen molar-refractivity contribution in [1.29, 1.82) is 0 Å². The summed E-state index contributed by atoms with van der Waals surface area (Å²) in [5.41, 5.74) is 2.18. The number of benzene rings is 1. The predicted octanol–water partition coefficient (Wildman–Crippen LogP) is 4.08. The molecule has 1 aromatic carbocycles. The van der Waals surface area contributed by atoms with E-state index >= 15 is 0 Å². The summed E-state index contributed by atoms with van der Waals surface area (Å²) in [6.45, 7) is 5.83. The van der Waals surface area contributed by atoms with E-state index in [1.54, 1.807) is 7.11 Å². The van der Waals surface area contributed by atoms with Gasteiger partial charge in [-0.3, -0.25) is 9.98 Å². The van der Waals surface area contributed by atoms with E-state index in [1.165, 1.54) is 5.56 Å². The monoisotopic (exact) mass is 369 g/mol. The number of amidine groups is 1. The lowest BCUT2D eigenvalue weighted by atomic mass is 9.96. The van der Waals surface area contributed by atoms with Gasteiger partial charge in [0, 0.05) is 18.0 Å². The lowest BCUT2D eigenvalue weighted by Gasteiger charge is -2.28. The highest BCUT2D eigenvalue weighted by atomic mass is 32.2. The number of aliphatic imine (C=N–C) groups is 1. The fourth-order valence-electron chi connectivity index (χ4n) is 3.62. The molecule has 6 heteroatoms. The second-order valence-electron chi connectivity index (χ2n) is 6.48. The minimum atomic E-state index is -0.00569. The van der Waals surface area contributed by atoms with E-state index in [4.69, 9.17) is 14.5 Å². The van der Waals surface area contributed by atoms with Crippen molar-refractivity contribution >= 4 is 16.9 Å². The van der Waals surface area contributed by atoms with Crippen LogP contribution in [0.1, 0.15) is 37.2 Å². The summed E-state index contributed by atoms with van der Waals surface area (Å²) < 4.78 is 11.2. The second kappa shape index (κ2) is 7.19. The molecule has 1 fully saturated rings. The van der Waals surface area contributed by atoms with E-state index in [2.05, 4.69) is 35.0 Å². The van der Waals surface area contributed by atoms with Gasteiger partial charge in [0.2, 0.25) is 0 Å². The highest BCUT2D eigenvalue weighted by molar-refractivity contribution is 8.14. The van der Waals surface area contributed by atoms with E-state index in [0.717, 1.165) is 28.9 Å². The molecule has 2 aliphatic heterocycles. The zero-order valence-electron chi connectivity index (χ0n) is 15.3. The molecule has 0 aliphatic carbocycles. The fourth-order valence-corrected chi connectivity index (χ4v) is 4.71. The average molecular weight is 369 g/mol. The van der Waals surface area contributed by atoms with Crippen molar-refractivity contribution in [1.82, 2.24) is 9.88 Å². The van der Waals surface area contributed by atoms with Crippen molar-refractivity contribution in [2.24, 2.45) is 4.99 Å². The summed E-state index contributed by atoms with van der Waals surface area (Å²) in [4.78, 5) is 12.0. The number of aromatic nitrogens is 1. The van der Waals surface area contributed by atoms with Gasteiger partial charge in [0.25, 0.3) is 0 Å². The first-order valence-corrected chi connectivity index (χ1v) is 9.82. The van der Waals surface area contributed by atoms with Gasteiger partial charge in [-0.1, -0.05) is 30.8 Å². The molecule has 0 radical (unpaired) electrons. The number of nitrogens with zero attached hydrogens (tertiary/aromatic N) is 3. The van der Waals surface area contributed by atoms with Crippen molar-refractivity contribution in [2.45, 2.75) is 31.2 Å². The Bertz CT molecular complexity index is 812. The summed E-state index contributed by atoms with van der Waals surface area (Å²) in [6, 6.07) is 12.4. The Morgan fingerprint density at radius 1 is 1.23 bits per heavy atom. The van der Waals surface area contributed by atoms with Crippen LogP contribution >= 0.6 is 11.8 Å². The summed E-state index contributed by atoms with van der Waals surface area (Å²) in [7, 11) is 1.68. The number of ether oxygens (including phenoxy) is 2. The van der Waals surface area contributed by atoms with Gasteiger partial charge in [0.15, 0.2) is 16.7 Å². The zero-order valence-corrected chi connectivity index (χ0v) is 16.1. The van der Waals surface area contributed by atoms with Gasteiger partial charge in [-0.2, -0.15) is 0 Å². The lowest BCUT2D eigenvalue weighted by Crippen LogP contribution is -2.28. The van der Waals surface area contributed by atoms with Crippen molar-refractivity contribution < 1.29 is 9.47 Å². The van der Waals surface area contributed by atoms with Crippen LogP contribution in [0.4, 0.5) is 0 Å². The first-order valence-electron chi connectivity index (χ1n) is 8.94. The molecule has 0 bridgehead atoms. The number of rotatable bonds is 5. The van der Waals surface area contributed by atoms with E-state index in [9.17, 15) is 0 Å². The first kappa shape index (κ1) is 17.2. The lowest BCUT2D eigenvalue weighted by molar-refractivity contribution is 0.304. The van der Waals surface area contributed by atoms with Crippen LogP contribution in [-0.2, 0) is 0 Å². The number of methoxy groups -OCH3 is 1. The van der Waals surface area contributed by atoms with Gasteiger partial charge in [-0.05, 0) is 36.8 Å². The summed E-state index contributed by atoms with van der Waals surface area (Å²) >= 11 is 1.85. The fraction of sp³-hybridized carbons (Fsp3) is 0.400. The molecule has 0 saturated carbocycles. The number of hydrogen-bond acceptors (Lipinski definition) is 6. The maximum Gasteiger partial charge on any atom is 0.161 e. The van der Waals surface area contributed by atoms with Crippen molar-refractivity contribution in [3.63, 3.8) is 0 Å². The third-order valence-electron chi connectivity index (χ3n) is 4.71. The molecule has 2 aliphatic rings. The molecule has 136 valence electrons. The second-order valence-corrected chi connectivity index (χ2v) is 7.89. The summed E-state index contributed by atoms with van der Waals surface area (Å²) in [5.74, 6) is 1.54. The molecule has 0 unspecified atom stereocenters. The largest absolute Gasteiger partial charge is 0.493 e. The van der Waals surface area contributed by atoms with Crippen LogP contribution in [0.25, 0.3) is 0 Å². The Labute approximate surface area is 158 Å². The molecule has 0 N–H and O–H groups in total. The quantitative estimate of drug-likeness (QED) is 0.795. The summed E-state index contributed by atoms with van der Waals surface area (Å²) in [6.07, 6.45) is 1.84. The summed E-state index contributed by atoms with van der Waals surface area (Å²) in [5, 5.41) is 1.66. The minimum absolute atomic E-state index is 0.00569. The average Bonchev–Trinajstić information content (AvgIpc) is 3.19. The molecule has 26 heavy (non-hydrogen) atoms. The maximum atomic E-state index is 5.68. The Balaban J connectivity index is 1.75. The van der Waals surface area contributed by atoms with Gasteiger partial charge < -0.3 is 14.4 Å². The van der Waals surface area contributed by atoms with Gasteiger partial charge >= 0.3 is 0 Å². The highest BCUT2D eigenvalue weighted by Gasteiger charge is 2.43. The molecule has 3 heterocycles. The Morgan fingerprint density at radius 3 is 2.85 bits per heavy atom. The van der Waals surface area contributed by atoms with Crippen LogP contribution in [0.15, 0.2) is 47.6 Å². The van der Waals surface area contributed by atoms with E-state index in [1.807, 2.05) is 43.1 Å². The molecule has 1 saturated heterocycles. The molecule has 2 aromatic rings. The van der Waals surface area contributed by atoms with E-state index < -0.39 is 0 Å². The normalized spacial score (nSPS) is 24.3. The van der Waals surface area contributed by atoms with Crippen molar-refractivity contribution in [3.05, 3.63) is 53.9 Å². The molecule has 3 atom stereocenters. The van der Waals surface area contributed by atoms with Crippen LogP contribution < -0.4 is 9.47 Å². The van der Waals surface area contributed by atoms with Crippen molar-refractivity contribution in [3.8, 4) is 11.5 Å². The molecular weight excluding hydrogens is 346 g/mol. The topological polar surface area (TPSA) is 47.0 Å². The third-order valence-corrected chi connectivity index (χ3v) is 5.81. The van der Waals surface area contributed by atoms with Crippen LogP contribution in [0.5, 0.6) is 11.5 Å². The SMILES string of the molecule is CCOc1ccc([C@@H]2[C@@H](c3ccccn3)N=C3S[C@@H](C)CN32)cc1OC. The van der Waals surface area contributed by atoms with Crippen LogP contribution in [-0.4, -0.2) is 40.6 Å². The third kappa shape index (κ3) is 3.03. The predicted molar refractivity (Wildman–Crippen MR) is 105 cm³/mol. The number of fused-ring (bicyclic) bond motifs is 1. The Hall–Kier alpha value is -2.21. The van der Waals surface area contributed by atoms with Gasteiger partial charge in [0.1, 0.15) is 6.04 Å². The molecule has 5 nitrogen and oxygen atoms in total. The molecular formula is C20H23N3O2S. The first-order chi connectivity index (χ1) is 12.7. The van der Waals surface area contributed by atoms with E-state index in [0.29, 0.717) is 11.9 Å². The highest BCUT2D eigenvalue weighted by Crippen LogP contribution is 2.48. The maximum absolute atomic E-state index is 5.68. The molecule has 0 spiro atoms. The molecule has 1 aromatic heterocycles. The number of thioether (sulfide) groups is 1. The van der Waals surface area contributed by atoms with Gasteiger partial charge in [-0.25, -0.2) is 0 Å². The van der Waals surface area contributed by atoms with Crippen molar-refractivity contribution in [2.75, 3.05) is 20.3 Å². The number of hydrogen-bond donors (Lipinski definition) is 0. The minimum Gasteiger partial charge on any atom is -0.493 e. The van der Waals surface area contributed by atoms with Gasteiger partial charge in [-0.15, -0.1) is 0 Å². The Kier molecular flexibility index (Phi) is 4.76. The zero-order chi connectivity index (χ0) is 18.1. The van der Waals surface area contributed by atoms with E-state index in [-0.39, 0.29) is 12.1 Å². The van der Waals surface area contributed by atoms with Crippen LogP contribution in [0.3, 0.4) is 0 Å². The van der Waals surface area contributed by atoms with Crippen LogP contribution in [0, 0.1) is 0 Å². The smallest absolute Gasteiger partial charge is 0.161 e. The Morgan fingerprint density at radius 2 is 2.12 bits per heavy atom.